The van der Waals surface area contributed by atoms with E-state index in [2.05, 4.69) is 63.1 Å². The van der Waals surface area contributed by atoms with Crippen molar-refractivity contribution in [2.45, 2.75) is 103 Å². The van der Waals surface area contributed by atoms with E-state index in [1.54, 1.807) is 11.0 Å². The Morgan fingerprint density at radius 1 is 0.987 bits per heavy atom. The maximum atomic E-state index is 16.0. The summed E-state index contributed by atoms with van der Waals surface area (Å²) in [6.07, 6.45) is 9.57. The molecule has 422 valence electrons. The van der Waals surface area contributed by atoms with E-state index in [0.717, 1.165) is 85.3 Å². The van der Waals surface area contributed by atoms with Crippen LogP contribution in [0, 0.1) is 23.1 Å². The number of fused-ring (bicyclic) bond motifs is 3. The number of halogens is 4. The number of carbonyl (C=O) groups is 3. The molecular weight excluding hydrogens is 1070 g/mol. The SMILES string of the molecule is C=C/C(F)=c1/sc(N)c(C#N)/c1=C\c1c(Cl)cc2c(N3CC4CCC(C3)N4)nc(OC)nc2c1F.CC(C)C.C[C@H](NC(=O)[C@@H]1CCCN1C(=O)CNC(=O)CCOCCCN1CCCC1)c1ccc(-c2ccccc2Cl)cc1. The summed E-state index contributed by atoms with van der Waals surface area (Å²) in [5.74, 6) is -0.669. The molecule has 20 heteroatoms. The highest BCUT2D eigenvalue weighted by Gasteiger charge is 2.36. The Bertz CT molecular complexity index is 3120. The highest BCUT2D eigenvalue weighted by atomic mass is 35.5. The van der Waals surface area contributed by atoms with Gasteiger partial charge in [0, 0.05) is 78.0 Å². The molecule has 4 aliphatic heterocycles. The first-order valence-electron chi connectivity index (χ1n) is 27.1. The number of nitrogens with one attached hydrogen (secondary N) is 3. The smallest absolute Gasteiger partial charge is 0.318 e. The number of likely N-dealkylation sites (tertiary alicyclic amines) is 2. The number of anilines is 2. The second-order valence-electron chi connectivity index (χ2n) is 20.8. The summed E-state index contributed by atoms with van der Waals surface area (Å²) in [7, 11) is 1.42. The zero-order valence-electron chi connectivity index (χ0n) is 45.7. The van der Waals surface area contributed by atoms with Gasteiger partial charge in [0.25, 0.3) is 0 Å². The van der Waals surface area contributed by atoms with Crippen molar-refractivity contribution in [3.8, 4) is 23.2 Å². The quantitative estimate of drug-likeness (QED) is 0.0649. The van der Waals surface area contributed by atoms with Gasteiger partial charge in [-0.2, -0.15) is 15.2 Å². The van der Waals surface area contributed by atoms with Gasteiger partial charge >= 0.3 is 6.01 Å². The summed E-state index contributed by atoms with van der Waals surface area (Å²) in [5, 5.41) is 20.3. The van der Waals surface area contributed by atoms with Gasteiger partial charge in [0.05, 0.1) is 41.4 Å². The van der Waals surface area contributed by atoms with Crippen molar-refractivity contribution in [3.05, 3.63) is 110 Å². The molecule has 2 aromatic heterocycles. The molecule has 0 spiro atoms. The van der Waals surface area contributed by atoms with E-state index in [4.69, 9.17) is 38.4 Å². The summed E-state index contributed by atoms with van der Waals surface area (Å²) in [4.78, 5) is 53.0. The van der Waals surface area contributed by atoms with Crippen LogP contribution in [0.5, 0.6) is 6.01 Å². The van der Waals surface area contributed by atoms with Crippen molar-refractivity contribution in [3.63, 3.8) is 0 Å². The normalized spacial score (nSPS) is 18.8. The Morgan fingerprint density at radius 3 is 2.34 bits per heavy atom. The van der Waals surface area contributed by atoms with Crippen molar-refractivity contribution in [1.82, 2.24) is 35.7 Å². The monoisotopic (exact) mass is 1140 g/mol. The Morgan fingerprint density at radius 2 is 1.68 bits per heavy atom. The maximum absolute atomic E-state index is 16.0. The van der Waals surface area contributed by atoms with Crippen LogP contribution in [0.4, 0.5) is 19.6 Å². The van der Waals surface area contributed by atoms with Crippen molar-refractivity contribution < 1.29 is 32.6 Å². The molecule has 4 fully saturated rings. The van der Waals surface area contributed by atoms with Crippen LogP contribution in [0.1, 0.15) is 102 Å². The van der Waals surface area contributed by atoms with Crippen LogP contribution >= 0.6 is 34.5 Å². The molecule has 15 nitrogen and oxygen atoms in total. The summed E-state index contributed by atoms with van der Waals surface area (Å²) in [6, 6.07) is 19.1. The first kappa shape index (κ1) is 60.4. The first-order valence-corrected chi connectivity index (χ1v) is 28.7. The lowest BCUT2D eigenvalue weighted by Crippen LogP contribution is -2.51. The number of thiophene rings is 1. The Labute approximate surface area is 475 Å². The third-order valence-corrected chi connectivity index (χ3v) is 15.7. The summed E-state index contributed by atoms with van der Waals surface area (Å²) in [6.45, 7) is 18.1. The highest BCUT2D eigenvalue weighted by Crippen LogP contribution is 2.36. The molecule has 6 heterocycles. The van der Waals surface area contributed by atoms with Gasteiger partial charge in [-0.15, -0.1) is 11.3 Å². The minimum atomic E-state index is -0.730. The molecule has 0 aliphatic carbocycles. The largest absolute Gasteiger partial charge is 0.467 e. The van der Waals surface area contributed by atoms with E-state index < -0.39 is 17.7 Å². The minimum absolute atomic E-state index is 0.0183. The van der Waals surface area contributed by atoms with Crippen molar-refractivity contribution in [2.24, 2.45) is 5.92 Å². The first-order chi connectivity index (χ1) is 38.0. The van der Waals surface area contributed by atoms with E-state index in [1.807, 2.05) is 61.5 Å². The minimum Gasteiger partial charge on any atom is -0.467 e. The van der Waals surface area contributed by atoms with Crippen molar-refractivity contribution in [2.75, 3.05) is 76.8 Å². The Kier molecular flexibility index (Phi) is 22.0. The van der Waals surface area contributed by atoms with Gasteiger partial charge in [-0.25, -0.2) is 8.78 Å². The van der Waals surface area contributed by atoms with Gasteiger partial charge in [-0.1, -0.05) is 93.0 Å². The number of ether oxygens (including phenoxy) is 2. The Hall–Kier alpha value is -6.20. The Balaban J connectivity index is 0.000000216. The number of nitriles is 1. The molecule has 0 saturated carbocycles. The summed E-state index contributed by atoms with van der Waals surface area (Å²) >= 11 is 13.8. The fraction of sp³-hybridized carbons (Fsp3) is 0.458. The number of nitrogens with two attached hydrogens (primary N) is 1. The van der Waals surface area contributed by atoms with E-state index >= 15 is 4.39 Å². The fourth-order valence-electron chi connectivity index (χ4n) is 10.1. The van der Waals surface area contributed by atoms with E-state index in [1.165, 1.54) is 39.1 Å². The molecule has 4 aliphatic rings. The lowest BCUT2D eigenvalue weighted by atomic mass is 10.0. The average molecular weight is 1140 g/mol. The van der Waals surface area contributed by atoms with E-state index in [9.17, 15) is 24.0 Å². The number of nitrogens with zero attached hydrogens (tertiary/aromatic N) is 6. The third-order valence-electron chi connectivity index (χ3n) is 14.0. The number of benzene rings is 3. The molecule has 2 unspecified atom stereocenters. The molecule has 4 atom stereocenters. The molecule has 2 bridgehead atoms. The number of rotatable bonds is 17. The number of methoxy groups -OCH3 is 1. The molecule has 0 radical (unpaired) electrons. The number of hydrogen-bond donors (Lipinski definition) is 4. The average Bonchev–Trinajstić information content (AvgIpc) is 4.31. The molecule has 79 heavy (non-hydrogen) atoms. The number of hydrogen-bond acceptors (Lipinski definition) is 13. The van der Waals surface area contributed by atoms with Crippen LogP contribution in [0.3, 0.4) is 0 Å². The van der Waals surface area contributed by atoms with Gasteiger partial charge in [0.15, 0.2) is 5.82 Å². The predicted octanol–water partition coefficient (Wildman–Crippen LogP) is 8.83. The second kappa shape index (κ2) is 28.8. The van der Waals surface area contributed by atoms with Crippen LogP contribution in [0.15, 0.2) is 67.3 Å². The van der Waals surface area contributed by atoms with Gasteiger partial charge in [0.2, 0.25) is 17.7 Å². The number of allylic oxidation sites excluding steroid dienone is 1. The van der Waals surface area contributed by atoms with Gasteiger partial charge in [0.1, 0.15) is 34.3 Å². The van der Waals surface area contributed by atoms with Crippen molar-refractivity contribution >= 4 is 85.9 Å². The molecule has 5 aromatic rings. The lowest BCUT2D eigenvalue weighted by Gasteiger charge is -2.34. The molecule has 5 N–H and O–H groups in total. The van der Waals surface area contributed by atoms with Crippen LogP contribution < -0.4 is 41.1 Å². The summed E-state index contributed by atoms with van der Waals surface area (Å²) in [5.41, 5.74) is 8.86. The zero-order valence-corrected chi connectivity index (χ0v) is 48.0. The van der Waals surface area contributed by atoms with E-state index in [0.29, 0.717) is 54.5 Å². The number of amides is 3. The zero-order chi connectivity index (χ0) is 56.8. The van der Waals surface area contributed by atoms with Crippen LogP contribution in [-0.4, -0.2) is 122 Å². The molecule has 3 amide bonds. The maximum Gasteiger partial charge on any atom is 0.318 e. The predicted molar refractivity (Wildman–Crippen MR) is 312 cm³/mol. The fourth-order valence-corrected chi connectivity index (χ4v) is 11.6. The van der Waals surface area contributed by atoms with E-state index in [-0.39, 0.29) is 79.2 Å². The third kappa shape index (κ3) is 15.8. The standard InChI is InChI=1S/C31H41ClN4O4.C24H21ClF2N6OS.C4H10/c1-23(24-11-13-25(14-12-24)26-8-2-3-9-27(26)32)34-31(39)28-10-6-19-36(28)30(38)22-33-29(37)15-21-40-20-7-18-35-16-4-5-17-35;1-3-18(26)21-13(16(8-28)22(29)35-21)6-14-17(25)7-15-20(19(14)27)31-24(34-2)32-23(15)33-9-11-4-5-12(10-33)30-11;1-4(2)3/h2-3,8-9,11-14,23,28H,4-7,10,15-22H2,1H3,(H,33,37)(H,34,39);3,6-7,11-12,30H,1,4-5,9-10,29H2,2H3;4H,1-3H3/b;13-6+,21-18-;/t23-,28-;;/m0../s1. The number of aromatic nitrogens is 2. The van der Waals surface area contributed by atoms with Crippen LogP contribution in [-0.2, 0) is 19.1 Å². The topological polar surface area (TPSA) is 191 Å². The van der Waals surface area contributed by atoms with Gasteiger partial charge < -0.3 is 45.9 Å². The molecular formula is C59H72Cl2F2N10O5S. The van der Waals surface area contributed by atoms with Crippen LogP contribution in [0.25, 0.3) is 33.9 Å². The lowest BCUT2D eigenvalue weighted by molar-refractivity contribution is -0.139. The molecule has 9 rings (SSSR count). The van der Waals surface area contributed by atoms with Crippen molar-refractivity contribution in [1.29, 1.82) is 5.26 Å². The number of piperazine rings is 1. The highest BCUT2D eigenvalue weighted by molar-refractivity contribution is 7.14. The molecule has 4 saturated heterocycles. The summed E-state index contributed by atoms with van der Waals surface area (Å²) < 4.78 is 41.4. The number of nitrogen functional groups attached to an aromatic ring is 1. The number of carbonyl (C=O) groups excluding carboxylic acids is 3. The van der Waals surface area contributed by atoms with Gasteiger partial charge in [-0.3, -0.25) is 14.4 Å². The second-order valence-corrected chi connectivity index (χ2v) is 22.7. The van der Waals surface area contributed by atoms with Crippen LogP contribution in [0.2, 0.25) is 10.0 Å². The van der Waals surface area contributed by atoms with Gasteiger partial charge in [-0.05, 0) is 106 Å². The molecule has 3 aromatic carbocycles.